The normalized spacial score (nSPS) is 32.9. The Kier molecular flexibility index (Phi) is 2.97. The second-order valence-corrected chi connectivity index (χ2v) is 2.82. The standard InChI is InChI=1S/C7H10FNS/c8-6-2-1-3-7(4-6)9-5-10/h6-7H,1-4H2. The maximum Gasteiger partial charge on any atom is 0.102 e. The fourth-order valence-electron chi connectivity index (χ4n) is 1.30. The first kappa shape index (κ1) is 7.83. The summed E-state index contributed by atoms with van der Waals surface area (Å²) in [6.45, 7) is 0. The van der Waals surface area contributed by atoms with Crippen molar-refractivity contribution in [2.45, 2.75) is 37.9 Å². The molecule has 0 saturated heterocycles. The van der Waals surface area contributed by atoms with Crippen molar-refractivity contribution in [3.63, 3.8) is 0 Å². The van der Waals surface area contributed by atoms with E-state index in [1.165, 1.54) is 0 Å². The molecule has 10 heavy (non-hydrogen) atoms. The summed E-state index contributed by atoms with van der Waals surface area (Å²) in [6.07, 6.45) is 2.49. The Morgan fingerprint density at radius 3 is 2.90 bits per heavy atom. The molecule has 0 N–H and O–H groups in total. The third kappa shape index (κ3) is 2.16. The van der Waals surface area contributed by atoms with Crippen molar-refractivity contribution in [3.8, 4) is 0 Å². The molecule has 0 spiro atoms. The minimum Gasteiger partial charge on any atom is -0.247 e. The van der Waals surface area contributed by atoms with Crippen LogP contribution in [-0.2, 0) is 0 Å². The highest BCUT2D eigenvalue weighted by atomic mass is 32.1. The van der Waals surface area contributed by atoms with Gasteiger partial charge in [-0.25, -0.2) is 9.38 Å². The molecule has 3 heteroatoms. The zero-order chi connectivity index (χ0) is 7.40. The lowest BCUT2D eigenvalue weighted by Crippen LogP contribution is -2.18. The van der Waals surface area contributed by atoms with Crippen LogP contribution in [0.3, 0.4) is 0 Å². The molecule has 0 aliphatic heterocycles. The molecule has 0 aromatic heterocycles. The van der Waals surface area contributed by atoms with Gasteiger partial charge < -0.3 is 0 Å². The second kappa shape index (κ2) is 3.79. The average Bonchev–Trinajstić information content (AvgIpc) is 1.88. The molecule has 1 nitrogen and oxygen atoms in total. The van der Waals surface area contributed by atoms with E-state index in [4.69, 9.17) is 0 Å². The SMILES string of the molecule is FC1CCCC(N=C=S)C1. The third-order valence-corrected chi connectivity index (χ3v) is 1.92. The quantitative estimate of drug-likeness (QED) is 0.422. The largest absolute Gasteiger partial charge is 0.247 e. The van der Waals surface area contributed by atoms with Crippen LogP contribution in [0.5, 0.6) is 0 Å². The molecule has 1 fully saturated rings. The van der Waals surface area contributed by atoms with Gasteiger partial charge in [0.15, 0.2) is 0 Å². The molecule has 1 aliphatic rings. The number of hydrogen-bond donors (Lipinski definition) is 0. The molecule has 1 saturated carbocycles. The number of isothiocyanates is 1. The van der Waals surface area contributed by atoms with Crippen molar-refractivity contribution < 1.29 is 4.39 Å². The molecule has 0 bridgehead atoms. The molecule has 1 aliphatic carbocycles. The summed E-state index contributed by atoms with van der Waals surface area (Å²) in [5, 5.41) is 2.30. The summed E-state index contributed by atoms with van der Waals surface area (Å²) >= 11 is 4.43. The number of rotatable bonds is 1. The van der Waals surface area contributed by atoms with Gasteiger partial charge in [-0.05, 0) is 31.5 Å². The van der Waals surface area contributed by atoms with Gasteiger partial charge in [-0.3, -0.25) is 0 Å². The van der Waals surface area contributed by atoms with Gasteiger partial charge in [-0.1, -0.05) is 0 Å². The van der Waals surface area contributed by atoms with E-state index in [2.05, 4.69) is 22.4 Å². The molecule has 1 rings (SSSR count). The molecular weight excluding hydrogens is 149 g/mol. The summed E-state index contributed by atoms with van der Waals surface area (Å²) < 4.78 is 12.6. The summed E-state index contributed by atoms with van der Waals surface area (Å²) in [5.41, 5.74) is 0. The van der Waals surface area contributed by atoms with Crippen LogP contribution in [0.1, 0.15) is 25.7 Å². The van der Waals surface area contributed by atoms with Gasteiger partial charge in [-0.15, -0.1) is 0 Å². The Labute approximate surface area is 65.3 Å². The monoisotopic (exact) mass is 159 g/mol. The summed E-state index contributed by atoms with van der Waals surface area (Å²) in [6, 6.07) is 0.112. The van der Waals surface area contributed by atoms with E-state index in [0.717, 1.165) is 12.8 Å². The maximum absolute atomic E-state index is 12.6. The van der Waals surface area contributed by atoms with E-state index in [0.29, 0.717) is 12.8 Å². The second-order valence-electron chi connectivity index (χ2n) is 2.64. The molecular formula is C7H10FNS. The lowest BCUT2D eigenvalue weighted by atomic mass is 9.94. The lowest BCUT2D eigenvalue weighted by Gasteiger charge is -2.19. The van der Waals surface area contributed by atoms with E-state index in [9.17, 15) is 4.39 Å². The number of hydrogen-bond acceptors (Lipinski definition) is 2. The Bertz CT molecular complexity index is 154. The zero-order valence-electron chi connectivity index (χ0n) is 5.72. The molecule has 2 atom stereocenters. The minimum absolute atomic E-state index is 0.112. The number of halogens is 1. The van der Waals surface area contributed by atoms with Gasteiger partial charge in [-0.2, -0.15) is 0 Å². The van der Waals surface area contributed by atoms with Crippen molar-refractivity contribution in [3.05, 3.63) is 0 Å². The molecule has 0 amide bonds. The fraction of sp³-hybridized carbons (Fsp3) is 0.857. The summed E-state index contributed by atoms with van der Waals surface area (Å²) in [5.74, 6) is 0. The first-order valence-corrected chi connectivity index (χ1v) is 3.95. The van der Waals surface area contributed by atoms with Crippen molar-refractivity contribution in [1.82, 2.24) is 0 Å². The summed E-state index contributed by atoms with van der Waals surface area (Å²) in [7, 11) is 0. The maximum atomic E-state index is 12.6. The number of nitrogens with zero attached hydrogens (tertiary/aromatic N) is 1. The van der Waals surface area contributed by atoms with Crippen LogP contribution in [0.15, 0.2) is 4.99 Å². The van der Waals surface area contributed by atoms with Gasteiger partial charge in [0.25, 0.3) is 0 Å². The summed E-state index contributed by atoms with van der Waals surface area (Å²) in [4.78, 5) is 3.86. The van der Waals surface area contributed by atoms with E-state index >= 15 is 0 Å². The number of aliphatic imine (C=N–C) groups is 1. The van der Waals surface area contributed by atoms with Gasteiger partial charge in [0.2, 0.25) is 0 Å². The zero-order valence-corrected chi connectivity index (χ0v) is 6.53. The molecule has 56 valence electrons. The van der Waals surface area contributed by atoms with Crippen LogP contribution in [0, 0.1) is 0 Å². The molecule has 0 heterocycles. The van der Waals surface area contributed by atoms with Gasteiger partial charge >= 0.3 is 0 Å². The molecule has 0 radical (unpaired) electrons. The average molecular weight is 159 g/mol. The van der Waals surface area contributed by atoms with E-state index in [-0.39, 0.29) is 6.04 Å². The number of alkyl halides is 1. The molecule has 0 aromatic carbocycles. The van der Waals surface area contributed by atoms with Gasteiger partial charge in [0, 0.05) is 6.42 Å². The van der Waals surface area contributed by atoms with Crippen LogP contribution < -0.4 is 0 Å². The van der Waals surface area contributed by atoms with Crippen LogP contribution in [0.4, 0.5) is 4.39 Å². The number of thiocarbonyl (C=S) groups is 1. The highest BCUT2D eigenvalue weighted by Crippen LogP contribution is 2.22. The molecule has 0 aromatic rings. The first-order valence-electron chi connectivity index (χ1n) is 3.54. The van der Waals surface area contributed by atoms with E-state index < -0.39 is 6.17 Å². The van der Waals surface area contributed by atoms with Crippen LogP contribution >= 0.6 is 12.2 Å². The minimum atomic E-state index is -0.661. The Morgan fingerprint density at radius 1 is 1.50 bits per heavy atom. The lowest BCUT2D eigenvalue weighted by molar-refractivity contribution is 0.234. The van der Waals surface area contributed by atoms with E-state index in [1.807, 2.05) is 0 Å². The first-order chi connectivity index (χ1) is 4.83. The third-order valence-electron chi connectivity index (χ3n) is 1.82. The van der Waals surface area contributed by atoms with Crippen LogP contribution in [0.2, 0.25) is 0 Å². The highest BCUT2D eigenvalue weighted by Gasteiger charge is 2.19. The Balaban J connectivity index is 2.39. The van der Waals surface area contributed by atoms with Crippen molar-refractivity contribution in [2.24, 2.45) is 4.99 Å². The topological polar surface area (TPSA) is 12.4 Å². The smallest absolute Gasteiger partial charge is 0.102 e. The fourth-order valence-corrected chi connectivity index (χ4v) is 1.45. The molecule has 2 unspecified atom stereocenters. The van der Waals surface area contributed by atoms with Crippen LogP contribution in [0.25, 0.3) is 0 Å². The van der Waals surface area contributed by atoms with Crippen molar-refractivity contribution in [2.75, 3.05) is 0 Å². The Morgan fingerprint density at radius 2 is 2.30 bits per heavy atom. The van der Waals surface area contributed by atoms with Gasteiger partial charge in [0.05, 0.1) is 11.2 Å². The predicted molar refractivity (Wildman–Crippen MR) is 42.2 cm³/mol. The Hall–Kier alpha value is -0.270. The highest BCUT2D eigenvalue weighted by molar-refractivity contribution is 7.78. The predicted octanol–water partition coefficient (Wildman–Crippen LogP) is 2.37. The van der Waals surface area contributed by atoms with Crippen molar-refractivity contribution in [1.29, 1.82) is 0 Å². The van der Waals surface area contributed by atoms with E-state index in [1.54, 1.807) is 0 Å². The van der Waals surface area contributed by atoms with Crippen LogP contribution in [-0.4, -0.2) is 17.4 Å². The van der Waals surface area contributed by atoms with Gasteiger partial charge in [0.1, 0.15) is 6.17 Å². The van der Waals surface area contributed by atoms with Crippen molar-refractivity contribution >= 4 is 17.4 Å².